The van der Waals surface area contributed by atoms with Crippen molar-refractivity contribution in [1.82, 2.24) is 9.97 Å². The number of fused-ring (bicyclic) bond motifs is 1. The molecule has 0 saturated carbocycles. The van der Waals surface area contributed by atoms with Crippen LogP contribution in [0.3, 0.4) is 0 Å². The summed E-state index contributed by atoms with van der Waals surface area (Å²) in [5, 5.41) is 4.82. The fraction of sp³-hybridized carbons (Fsp3) is 0.174. The van der Waals surface area contributed by atoms with Crippen LogP contribution in [0, 0.1) is 0 Å². The largest absolute Gasteiger partial charge is 0.486 e. The van der Waals surface area contributed by atoms with Crippen LogP contribution in [-0.2, 0) is 17.8 Å². The molecule has 1 aliphatic heterocycles. The van der Waals surface area contributed by atoms with Crippen LogP contribution in [-0.4, -0.2) is 29.1 Å². The summed E-state index contributed by atoms with van der Waals surface area (Å²) in [4.78, 5) is 25.1. The van der Waals surface area contributed by atoms with Gasteiger partial charge in [-0.2, -0.15) is 0 Å². The number of thiophene rings is 1. The van der Waals surface area contributed by atoms with Crippen LogP contribution in [0.4, 0.5) is 5.69 Å². The smallest absolute Gasteiger partial charge is 0.233 e. The Kier molecular flexibility index (Phi) is 5.64. The molecule has 4 aromatic rings. The van der Waals surface area contributed by atoms with Gasteiger partial charge < -0.3 is 14.4 Å². The molecule has 0 fully saturated rings. The lowest BCUT2D eigenvalue weighted by Gasteiger charge is -2.25. The van der Waals surface area contributed by atoms with Gasteiger partial charge in [-0.15, -0.1) is 22.7 Å². The number of rotatable bonds is 6. The molecule has 0 N–H and O–H groups in total. The van der Waals surface area contributed by atoms with Gasteiger partial charge >= 0.3 is 0 Å². The Morgan fingerprint density at radius 2 is 1.97 bits per heavy atom. The van der Waals surface area contributed by atoms with E-state index < -0.39 is 0 Å². The van der Waals surface area contributed by atoms with E-state index >= 15 is 0 Å². The van der Waals surface area contributed by atoms with Gasteiger partial charge in [0.15, 0.2) is 11.5 Å². The maximum absolute atomic E-state index is 13.4. The van der Waals surface area contributed by atoms with Gasteiger partial charge in [-0.25, -0.2) is 4.98 Å². The number of nitrogens with zero attached hydrogens (tertiary/aromatic N) is 3. The number of thiazole rings is 1. The highest BCUT2D eigenvalue weighted by Gasteiger charge is 2.21. The highest BCUT2D eigenvalue weighted by molar-refractivity contribution is 7.13. The van der Waals surface area contributed by atoms with E-state index in [0.717, 1.165) is 26.8 Å². The molecule has 0 spiro atoms. The zero-order valence-corrected chi connectivity index (χ0v) is 18.2. The number of hydrogen-bond donors (Lipinski definition) is 0. The van der Waals surface area contributed by atoms with Crippen molar-refractivity contribution in [3.63, 3.8) is 0 Å². The Balaban J connectivity index is 1.40. The normalized spacial score (nSPS) is 12.5. The van der Waals surface area contributed by atoms with E-state index in [2.05, 4.69) is 9.97 Å². The number of anilines is 1. The van der Waals surface area contributed by atoms with Crippen molar-refractivity contribution in [2.24, 2.45) is 0 Å². The zero-order valence-electron chi connectivity index (χ0n) is 16.6. The Hall–Kier alpha value is -3.23. The van der Waals surface area contributed by atoms with Gasteiger partial charge in [-0.3, -0.25) is 9.78 Å². The maximum Gasteiger partial charge on any atom is 0.233 e. The van der Waals surface area contributed by atoms with E-state index in [1.165, 1.54) is 11.3 Å². The number of benzene rings is 1. The minimum Gasteiger partial charge on any atom is -0.486 e. The highest BCUT2D eigenvalue weighted by atomic mass is 32.1. The molecular weight excluding hydrogens is 430 g/mol. The van der Waals surface area contributed by atoms with Gasteiger partial charge in [0.1, 0.15) is 18.2 Å². The third-order valence-corrected chi connectivity index (χ3v) is 6.63. The van der Waals surface area contributed by atoms with Gasteiger partial charge in [0, 0.05) is 40.0 Å². The minimum atomic E-state index is -0.0203. The number of carbonyl (C=O) groups excluding carboxylic acids is 1. The molecule has 8 heteroatoms. The highest BCUT2D eigenvalue weighted by Crippen LogP contribution is 2.35. The predicted molar refractivity (Wildman–Crippen MR) is 122 cm³/mol. The molecule has 3 aromatic heterocycles. The Labute approximate surface area is 187 Å². The molecule has 156 valence electrons. The number of carbonyl (C=O) groups is 1. The molecule has 6 nitrogen and oxygen atoms in total. The van der Waals surface area contributed by atoms with E-state index in [1.54, 1.807) is 28.6 Å². The summed E-state index contributed by atoms with van der Waals surface area (Å²) in [5.74, 6) is 1.35. The second kappa shape index (κ2) is 8.87. The summed E-state index contributed by atoms with van der Waals surface area (Å²) in [5.41, 5.74) is 2.49. The number of pyridine rings is 1. The van der Waals surface area contributed by atoms with Crippen LogP contribution in [0.5, 0.6) is 11.5 Å². The monoisotopic (exact) mass is 449 g/mol. The van der Waals surface area contributed by atoms with Crippen molar-refractivity contribution in [1.29, 1.82) is 0 Å². The SMILES string of the molecule is O=C(Cc1csc(-c2cccnc2)n1)N(Cc1cccs1)c1ccc2c(c1)OCCO2. The maximum atomic E-state index is 13.4. The number of ether oxygens (including phenoxy) is 2. The third-order valence-electron chi connectivity index (χ3n) is 4.83. The van der Waals surface area contributed by atoms with Crippen molar-refractivity contribution in [2.45, 2.75) is 13.0 Å². The van der Waals surface area contributed by atoms with Crippen molar-refractivity contribution in [2.75, 3.05) is 18.1 Å². The molecule has 0 atom stereocenters. The summed E-state index contributed by atoms with van der Waals surface area (Å²) < 4.78 is 11.3. The molecule has 0 aliphatic carbocycles. The van der Waals surface area contributed by atoms with Crippen LogP contribution in [0.2, 0.25) is 0 Å². The van der Waals surface area contributed by atoms with Crippen LogP contribution in [0.15, 0.2) is 65.6 Å². The van der Waals surface area contributed by atoms with Gasteiger partial charge in [0.2, 0.25) is 5.91 Å². The quantitative estimate of drug-likeness (QED) is 0.423. The van der Waals surface area contributed by atoms with E-state index in [-0.39, 0.29) is 12.3 Å². The van der Waals surface area contributed by atoms with E-state index in [4.69, 9.17) is 9.47 Å². The van der Waals surface area contributed by atoms with Crippen LogP contribution < -0.4 is 14.4 Å². The Morgan fingerprint density at radius 3 is 2.77 bits per heavy atom. The lowest BCUT2D eigenvalue weighted by molar-refractivity contribution is -0.118. The van der Waals surface area contributed by atoms with Crippen LogP contribution >= 0.6 is 22.7 Å². The molecule has 31 heavy (non-hydrogen) atoms. The molecule has 0 bridgehead atoms. The fourth-order valence-corrected chi connectivity index (χ4v) is 4.85. The minimum absolute atomic E-state index is 0.0203. The molecule has 0 saturated heterocycles. The summed E-state index contributed by atoms with van der Waals surface area (Å²) >= 11 is 3.15. The average molecular weight is 450 g/mol. The molecule has 0 unspecified atom stereocenters. The second-order valence-corrected chi connectivity index (χ2v) is 8.84. The number of aromatic nitrogens is 2. The zero-order chi connectivity index (χ0) is 21.0. The first-order chi connectivity index (χ1) is 15.3. The van der Waals surface area contributed by atoms with E-state index in [1.807, 2.05) is 53.2 Å². The standard InChI is InChI=1S/C23H19N3O3S2/c27-22(11-17-15-31-23(25-17)16-3-1-7-24-13-16)26(14-19-4-2-10-30-19)18-5-6-20-21(12-18)29-9-8-28-20/h1-7,10,12-13,15H,8-9,11,14H2. The first-order valence-electron chi connectivity index (χ1n) is 9.83. The Morgan fingerprint density at radius 1 is 1.06 bits per heavy atom. The second-order valence-electron chi connectivity index (χ2n) is 6.95. The van der Waals surface area contributed by atoms with Gasteiger partial charge in [-0.1, -0.05) is 6.07 Å². The number of amides is 1. The summed E-state index contributed by atoms with van der Waals surface area (Å²) in [7, 11) is 0. The van der Waals surface area contributed by atoms with Crippen molar-refractivity contribution in [3.05, 3.63) is 76.2 Å². The Bertz CT molecular complexity index is 1180. The van der Waals surface area contributed by atoms with E-state index in [9.17, 15) is 4.79 Å². The third kappa shape index (κ3) is 4.45. The van der Waals surface area contributed by atoms with Gasteiger partial charge in [0.25, 0.3) is 0 Å². The number of hydrogen-bond acceptors (Lipinski definition) is 7. The van der Waals surface area contributed by atoms with Gasteiger partial charge in [-0.05, 0) is 35.7 Å². The van der Waals surface area contributed by atoms with E-state index in [0.29, 0.717) is 31.3 Å². The summed E-state index contributed by atoms with van der Waals surface area (Å²) in [6.07, 6.45) is 3.73. The molecule has 5 rings (SSSR count). The first-order valence-corrected chi connectivity index (χ1v) is 11.6. The molecule has 1 amide bonds. The molecule has 0 radical (unpaired) electrons. The van der Waals surface area contributed by atoms with Crippen molar-refractivity contribution >= 4 is 34.3 Å². The topological polar surface area (TPSA) is 64.6 Å². The fourth-order valence-electron chi connectivity index (χ4n) is 3.34. The van der Waals surface area contributed by atoms with Crippen molar-refractivity contribution < 1.29 is 14.3 Å². The van der Waals surface area contributed by atoms with Crippen LogP contribution in [0.25, 0.3) is 10.6 Å². The average Bonchev–Trinajstić information content (AvgIpc) is 3.50. The lowest BCUT2D eigenvalue weighted by Crippen LogP contribution is -2.31. The van der Waals surface area contributed by atoms with Crippen LogP contribution in [0.1, 0.15) is 10.6 Å². The molecular formula is C23H19N3O3S2. The van der Waals surface area contributed by atoms with Gasteiger partial charge in [0.05, 0.1) is 18.7 Å². The molecule has 4 heterocycles. The molecule has 1 aliphatic rings. The lowest BCUT2D eigenvalue weighted by atomic mass is 10.2. The van der Waals surface area contributed by atoms with Crippen molar-refractivity contribution in [3.8, 4) is 22.1 Å². The predicted octanol–water partition coefficient (Wildman–Crippen LogP) is 4.81. The first kappa shape index (κ1) is 19.7. The molecule has 1 aromatic carbocycles. The summed E-state index contributed by atoms with van der Waals surface area (Å²) in [6.45, 7) is 1.54. The summed E-state index contributed by atoms with van der Waals surface area (Å²) in [6, 6.07) is 13.5.